The molecule has 0 saturated heterocycles. The summed E-state index contributed by atoms with van der Waals surface area (Å²) in [5.74, 6) is -1.06. The smallest absolute Gasteiger partial charge is 0.308 e. The average Bonchev–Trinajstić information content (AvgIpc) is 2.99. The molecule has 2 fully saturated rings. The van der Waals surface area contributed by atoms with Crippen molar-refractivity contribution in [3.63, 3.8) is 0 Å². The molecule has 2 aliphatic rings. The summed E-state index contributed by atoms with van der Waals surface area (Å²) in [6, 6.07) is 4.85. The number of nitrogens with zero attached hydrogens (tertiary/aromatic N) is 1. The van der Waals surface area contributed by atoms with Gasteiger partial charge in [-0.2, -0.15) is 0 Å². The summed E-state index contributed by atoms with van der Waals surface area (Å²) in [6.45, 7) is 0. The number of carbonyl (C=O) groups excluding carboxylic acids is 1. The van der Waals surface area contributed by atoms with Crippen LogP contribution in [0.2, 0.25) is 0 Å². The van der Waals surface area contributed by atoms with Crippen LogP contribution >= 0.6 is 15.9 Å². The quantitative estimate of drug-likeness (QED) is 0.827. The zero-order valence-electron chi connectivity index (χ0n) is 10.8. The van der Waals surface area contributed by atoms with E-state index in [9.17, 15) is 14.7 Å². The Morgan fingerprint density at radius 1 is 1.30 bits per heavy atom. The Balaban J connectivity index is 1.77. The van der Waals surface area contributed by atoms with Crippen molar-refractivity contribution in [2.45, 2.75) is 25.3 Å². The third kappa shape index (κ3) is 2.32. The fourth-order valence-corrected chi connectivity index (χ4v) is 3.96. The molecular formula is C14H15BrN2O3. The molecule has 1 aromatic rings. The second-order valence-corrected chi connectivity index (χ2v) is 6.35. The molecule has 6 heteroatoms. The van der Waals surface area contributed by atoms with Crippen LogP contribution in [0.1, 0.15) is 29.8 Å². The van der Waals surface area contributed by atoms with Gasteiger partial charge in [0.2, 0.25) is 0 Å². The van der Waals surface area contributed by atoms with Gasteiger partial charge in [0.1, 0.15) is 10.3 Å². The number of rotatable bonds is 3. The van der Waals surface area contributed by atoms with Crippen LogP contribution in [0.15, 0.2) is 22.8 Å². The molecular weight excluding hydrogens is 324 g/mol. The van der Waals surface area contributed by atoms with Crippen LogP contribution in [0.25, 0.3) is 0 Å². The second kappa shape index (κ2) is 5.16. The van der Waals surface area contributed by atoms with Gasteiger partial charge in [0, 0.05) is 6.04 Å². The number of aliphatic carboxylic acids is 1. The van der Waals surface area contributed by atoms with E-state index in [4.69, 9.17) is 0 Å². The minimum Gasteiger partial charge on any atom is -0.481 e. The molecule has 1 heterocycles. The van der Waals surface area contributed by atoms with Gasteiger partial charge in [0.15, 0.2) is 0 Å². The lowest BCUT2D eigenvalue weighted by atomic mass is 9.84. The molecule has 0 spiro atoms. The van der Waals surface area contributed by atoms with Crippen LogP contribution in [0.3, 0.4) is 0 Å². The number of halogens is 1. The molecule has 5 nitrogen and oxygen atoms in total. The minimum absolute atomic E-state index is 0.207. The van der Waals surface area contributed by atoms with Gasteiger partial charge in [-0.15, -0.1) is 0 Å². The number of hydrogen-bond acceptors (Lipinski definition) is 3. The standard InChI is InChI=1S/C14H15BrN2O3/c15-10-3-1-2-9(16-10)13(18)17-12-8-5-4-7(6-8)11(12)14(19)20/h1-3,7-8,11-12H,4-6H2,(H,17,18)(H,19,20). The summed E-state index contributed by atoms with van der Waals surface area (Å²) in [6.07, 6.45) is 2.88. The van der Waals surface area contributed by atoms with Crippen LogP contribution < -0.4 is 5.32 Å². The molecule has 106 valence electrons. The second-order valence-electron chi connectivity index (χ2n) is 5.54. The van der Waals surface area contributed by atoms with E-state index in [0.29, 0.717) is 10.3 Å². The number of fused-ring (bicyclic) bond motifs is 2. The fraction of sp³-hybridized carbons (Fsp3) is 0.500. The fourth-order valence-electron chi connectivity index (χ4n) is 3.61. The van der Waals surface area contributed by atoms with Gasteiger partial charge in [-0.3, -0.25) is 9.59 Å². The molecule has 1 aromatic heterocycles. The van der Waals surface area contributed by atoms with E-state index in [1.165, 1.54) is 0 Å². The zero-order valence-corrected chi connectivity index (χ0v) is 12.3. The van der Waals surface area contributed by atoms with E-state index in [-0.39, 0.29) is 23.8 Å². The Hall–Kier alpha value is -1.43. The highest BCUT2D eigenvalue weighted by atomic mass is 79.9. The van der Waals surface area contributed by atoms with Gasteiger partial charge in [-0.05, 0) is 59.2 Å². The summed E-state index contributed by atoms with van der Waals surface area (Å²) < 4.78 is 0.591. The van der Waals surface area contributed by atoms with Crippen molar-refractivity contribution >= 4 is 27.8 Å². The largest absolute Gasteiger partial charge is 0.481 e. The van der Waals surface area contributed by atoms with Gasteiger partial charge < -0.3 is 10.4 Å². The normalized spacial score (nSPS) is 31.2. The molecule has 0 aromatic carbocycles. The van der Waals surface area contributed by atoms with Crippen molar-refractivity contribution in [2.75, 3.05) is 0 Å². The summed E-state index contributed by atoms with van der Waals surface area (Å²) in [5.41, 5.74) is 0.311. The molecule has 0 radical (unpaired) electrons. The Kier molecular flexibility index (Phi) is 3.50. The lowest BCUT2D eigenvalue weighted by molar-refractivity contribution is -0.144. The summed E-state index contributed by atoms with van der Waals surface area (Å²) in [5, 5.41) is 12.2. The van der Waals surface area contributed by atoms with Crippen molar-refractivity contribution in [3.05, 3.63) is 28.5 Å². The van der Waals surface area contributed by atoms with E-state index in [2.05, 4.69) is 26.2 Å². The van der Waals surface area contributed by atoms with Crippen molar-refractivity contribution in [3.8, 4) is 0 Å². The maximum atomic E-state index is 12.2. The topological polar surface area (TPSA) is 79.3 Å². The molecule has 2 aliphatic carbocycles. The highest BCUT2D eigenvalue weighted by molar-refractivity contribution is 9.10. The van der Waals surface area contributed by atoms with Crippen molar-refractivity contribution < 1.29 is 14.7 Å². The number of carbonyl (C=O) groups is 2. The van der Waals surface area contributed by atoms with Crippen molar-refractivity contribution in [1.29, 1.82) is 0 Å². The Morgan fingerprint density at radius 2 is 2.05 bits per heavy atom. The molecule has 20 heavy (non-hydrogen) atoms. The van der Waals surface area contributed by atoms with Gasteiger partial charge in [-0.1, -0.05) is 6.07 Å². The average molecular weight is 339 g/mol. The van der Waals surface area contributed by atoms with E-state index >= 15 is 0 Å². The van der Waals surface area contributed by atoms with Crippen LogP contribution in [-0.2, 0) is 4.79 Å². The maximum Gasteiger partial charge on any atom is 0.308 e. The molecule has 1 amide bonds. The first-order chi connectivity index (χ1) is 9.56. The molecule has 2 N–H and O–H groups in total. The summed E-state index contributed by atoms with van der Waals surface area (Å²) in [4.78, 5) is 27.7. The number of carboxylic acid groups (broad SMARTS) is 1. The number of aromatic nitrogens is 1. The van der Waals surface area contributed by atoms with E-state index in [1.54, 1.807) is 18.2 Å². The van der Waals surface area contributed by atoms with Gasteiger partial charge in [0.05, 0.1) is 5.92 Å². The monoisotopic (exact) mass is 338 g/mol. The third-order valence-electron chi connectivity index (χ3n) is 4.45. The van der Waals surface area contributed by atoms with Gasteiger partial charge >= 0.3 is 5.97 Å². The lowest BCUT2D eigenvalue weighted by Gasteiger charge is -2.28. The molecule has 2 bridgehead atoms. The van der Waals surface area contributed by atoms with Crippen LogP contribution in [0.5, 0.6) is 0 Å². The predicted molar refractivity (Wildman–Crippen MR) is 75.1 cm³/mol. The van der Waals surface area contributed by atoms with Crippen LogP contribution in [0, 0.1) is 17.8 Å². The van der Waals surface area contributed by atoms with Gasteiger partial charge in [0.25, 0.3) is 5.91 Å². The van der Waals surface area contributed by atoms with Crippen molar-refractivity contribution in [2.24, 2.45) is 17.8 Å². The van der Waals surface area contributed by atoms with Crippen LogP contribution in [0.4, 0.5) is 0 Å². The minimum atomic E-state index is -0.801. The highest BCUT2D eigenvalue weighted by Crippen LogP contribution is 2.48. The summed E-state index contributed by atoms with van der Waals surface area (Å²) >= 11 is 3.23. The lowest BCUT2D eigenvalue weighted by Crippen LogP contribution is -2.47. The molecule has 4 atom stereocenters. The number of amides is 1. The highest BCUT2D eigenvalue weighted by Gasteiger charge is 2.51. The maximum absolute atomic E-state index is 12.2. The molecule has 0 aliphatic heterocycles. The number of hydrogen-bond donors (Lipinski definition) is 2. The Bertz CT molecular complexity index is 563. The Labute approximate surface area is 124 Å². The number of pyridine rings is 1. The van der Waals surface area contributed by atoms with Gasteiger partial charge in [-0.25, -0.2) is 4.98 Å². The first-order valence-corrected chi connectivity index (χ1v) is 7.52. The number of carboxylic acids is 1. The number of nitrogens with one attached hydrogen (secondary N) is 1. The third-order valence-corrected chi connectivity index (χ3v) is 4.89. The van der Waals surface area contributed by atoms with E-state index in [0.717, 1.165) is 19.3 Å². The molecule has 2 saturated carbocycles. The predicted octanol–water partition coefficient (Wildman–Crippen LogP) is 2.07. The summed E-state index contributed by atoms with van der Waals surface area (Å²) in [7, 11) is 0. The van der Waals surface area contributed by atoms with E-state index < -0.39 is 11.9 Å². The zero-order chi connectivity index (χ0) is 14.3. The first kappa shape index (κ1) is 13.5. The first-order valence-electron chi connectivity index (χ1n) is 6.72. The van der Waals surface area contributed by atoms with Crippen LogP contribution in [-0.4, -0.2) is 28.0 Å². The Morgan fingerprint density at radius 3 is 2.75 bits per heavy atom. The van der Waals surface area contributed by atoms with Crippen molar-refractivity contribution in [1.82, 2.24) is 10.3 Å². The van der Waals surface area contributed by atoms with E-state index in [1.807, 2.05) is 0 Å². The molecule has 4 unspecified atom stereocenters. The SMILES string of the molecule is O=C(NC1C2CCC(C2)C1C(=O)O)c1cccc(Br)n1. The molecule has 3 rings (SSSR count).